The molecular formula is C18H29NOP+. The smallest absolute Gasteiger partial charge is 0.268 e. The van der Waals surface area contributed by atoms with Crippen LogP contribution in [0.4, 0.5) is 5.69 Å². The largest absolute Gasteiger partial charge is 0.322 e. The second-order valence-electron chi connectivity index (χ2n) is 6.35. The molecule has 1 aliphatic rings. The molecule has 0 radical (unpaired) electrons. The molecule has 0 unspecified atom stereocenters. The zero-order chi connectivity index (χ0) is 15.7. The summed E-state index contributed by atoms with van der Waals surface area (Å²) < 4.78 is 0. The predicted molar refractivity (Wildman–Crippen MR) is 95.1 cm³/mol. The molecule has 2 rings (SSSR count). The van der Waals surface area contributed by atoms with Crippen molar-refractivity contribution >= 4 is 18.9 Å². The van der Waals surface area contributed by atoms with Crippen molar-refractivity contribution in [3.63, 3.8) is 0 Å². The van der Waals surface area contributed by atoms with Gasteiger partial charge in [0.1, 0.15) is 0 Å². The van der Waals surface area contributed by atoms with E-state index in [-0.39, 0.29) is 5.16 Å². The van der Waals surface area contributed by atoms with E-state index in [4.69, 9.17) is 0 Å². The quantitative estimate of drug-likeness (QED) is 0.748. The van der Waals surface area contributed by atoms with Gasteiger partial charge in [0.25, 0.3) is 5.91 Å². The van der Waals surface area contributed by atoms with Gasteiger partial charge in [0.05, 0.1) is 18.5 Å². The van der Waals surface area contributed by atoms with Gasteiger partial charge in [0.2, 0.25) is 0 Å². The molecule has 0 aromatic heterocycles. The minimum Gasteiger partial charge on any atom is -0.322 e. The summed E-state index contributed by atoms with van der Waals surface area (Å²) in [7, 11) is -1.17. The summed E-state index contributed by atoms with van der Waals surface area (Å²) in [6.45, 7) is 11.0. The lowest BCUT2D eigenvalue weighted by Crippen LogP contribution is -2.35. The van der Waals surface area contributed by atoms with E-state index < -0.39 is 7.26 Å². The molecule has 1 aromatic rings. The van der Waals surface area contributed by atoms with Crippen molar-refractivity contribution in [1.82, 2.24) is 0 Å². The van der Waals surface area contributed by atoms with E-state index >= 15 is 0 Å². The van der Waals surface area contributed by atoms with Crippen LogP contribution in [0.3, 0.4) is 0 Å². The number of carbonyl (C=O) groups is 1. The maximum absolute atomic E-state index is 13.0. The Hall–Kier alpha value is -0.880. The highest BCUT2D eigenvalue weighted by Gasteiger charge is 2.68. The number of carbonyl (C=O) groups excluding carboxylic acids is 1. The minimum atomic E-state index is -1.17. The molecule has 1 aliphatic carbocycles. The third-order valence-corrected chi connectivity index (χ3v) is 11.7. The third kappa shape index (κ3) is 2.63. The summed E-state index contributed by atoms with van der Waals surface area (Å²) in [5, 5.41) is 3.25. The maximum Gasteiger partial charge on any atom is 0.268 e. The van der Waals surface area contributed by atoms with E-state index in [1.165, 1.54) is 18.5 Å². The van der Waals surface area contributed by atoms with Gasteiger partial charge in [0.15, 0.2) is 5.16 Å². The maximum atomic E-state index is 13.0. The fourth-order valence-corrected chi connectivity index (χ4v) is 8.56. The van der Waals surface area contributed by atoms with Crippen molar-refractivity contribution in [1.29, 1.82) is 0 Å². The van der Waals surface area contributed by atoms with Gasteiger partial charge in [-0.25, -0.2) is 0 Å². The summed E-state index contributed by atoms with van der Waals surface area (Å²) in [6.07, 6.45) is 5.76. The number of anilines is 1. The van der Waals surface area contributed by atoms with Crippen molar-refractivity contribution in [3.05, 3.63) is 29.3 Å². The first-order chi connectivity index (χ1) is 9.96. The number of amides is 1. The van der Waals surface area contributed by atoms with E-state index in [2.05, 4.69) is 58.1 Å². The van der Waals surface area contributed by atoms with Crippen LogP contribution in [-0.4, -0.2) is 29.5 Å². The number of rotatable bonds is 6. The summed E-state index contributed by atoms with van der Waals surface area (Å²) in [5.41, 5.74) is 3.34. The Kier molecular flexibility index (Phi) is 4.78. The van der Waals surface area contributed by atoms with E-state index in [9.17, 15) is 4.79 Å². The molecule has 3 heteroatoms. The lowest BCUT2D eigenvalue weighted by Gasteiger charge is -2.32. The number of hydrogen-bond acceptors (Lipinski definition) is 1. The van der Waals surface area contributed by atoms with Crippen LogP contribution in [0, 0.1) is 13.8 Å². The van der Waals surface area contributed by atoms with Crippen molar-refractivity contribution < 1.29 is 4.79 Å². The average molecular weight is 306 g/mol. The van der Waals surface area contributed by atoms with Gasteiger partial charge in [-0.3, -0.25) is 4.79 Å². The number of benzene rings is 1. The molecule has 1 saturated carbocycles. The highest BCUT2D eigenvalue weighted by molar-refractivity contribution is 7.78. The van der Waals surface area contributed by atoms with E-state index in [1.807, 2.05) is 0 Å². The Morgan fingerprint density at radius 1 is 1.10 bits per heavy atom. The first kappa shape index (κ1) is 16.5. The zero-order valence-corrected chi connectivity index (χ0v) is 15.0. The van der Waals surface area contributed by atoms with Crippen LogP contribution < -0.4 is 5.32 Å². The normalized spacial score (nSPS) is 16.6. The van der Waals surface area contributed by atoms with Gasteiger partial charge in [0, 0.05) is 25.8 Å². The second kappa shape index (κ2) is 6.08. The molecule has 21 heavy (non-hydrogen) atoms. The fourth-order valence-electron chi connectivity index (χ4n) is 3.86. The van der Waals surface area contributed by atoms with E-state index in [1.54, 1.807) is 0 Å². The fraction of sp³-hybridized carbons (Fsp3) is 0.611. The topological polar surface area (TPSA) is 29.1 Å². The van der Waals surface area contributed by atoms with E-state index in [0.717, 1.165) is 29.7 Å². The predicted octanol–water partition coefficient (Wildman–Crippen LogP) is 4.85. The van der Waals surface area contributed by atoms with Gasteiger partial charge in [-0.2, -0.15) is 0 Å². The molecule has 0 spiro atoms. The first-order valence-electron chi connectivity index (χ1n) is 8.20. The van der Waals surface area contributed by atoms with Crippen LogP contribution in [0.15, 0.2) is 18.2 Å². The molecule has 2 nitrogen and oxygen atoms in total. The number of hydrogen-bond donors (Lipinski definition) is 1. The minimum absolute atomic E-state index is 0.0278. The molecule has 0 bridgehead atoms. The summed E-state index contributed by atoms with van der Waals surface area (Å²) in [5.74, 6) is 0.291. The SMILES string of the molecule is CC[P+](CC)(CC)C1(C(=O)Nc2c(C)cccc2C)CC1. The van der Waals surface area contributed by atoms with Crippen LogP contribution >= 0.6 is 7.26 Å². The summed E-state index contributed by atoms with van der Waals surface area (Å²) in [4.78, 5) is 13.0. The van der Waals surface area contributed by atoms with Crippen molar-refractivity contribution in [2.45, 2.75) is 52.6 Å². The number of nitrogens with one attached hydrogen (secondary N) is 1. The van der Waals surface area contributed by atoms with Crippen molar-refractivity contribution in [2.24, 2.45) is 0 Å². The molecule has 0 atom stereocenters. The van der Waals surface area contributed by atoms with Crippen molar-refractivity contribution in [3.8, 4) is 0 Å². The van der Waals surface area contributed by atoms with Crippen LogP contribution in [0.1, 0.15) is 44.7 Å². The first-order valence-corrected chi connectivity index (χ1v) is 10.5. The summed E-state index contributed by atoms with van der Waals surface area (Å²) in [6, 6.07) is 6.20. The van der Waals surface area contributed by atoms with Crippen LogP contribution in [0.5, 0.6) is 0 Å². The van der Waals surface area contributed by atoms with Gasteiger partial charge in [-0.1, -0.05) is 18.2 Å². The average Bonchev–Trinajstić information content (AvgIpc) is 3.27. The van der Waals surface area contributed by atoms with Crippen LogP contribution in [0.2, 0.25) is 0 Å². The molecule has 1 fully saturated rings. The summed E-state index contributed by atoms with van der Waals surface area (Å²) >= 11 is 0. The molecule has 1 aromatic carbocycles. The molecule has 0 aliphatic heterocycles. The van der Waals surface area contributed by atoms with E-state index in [0.29, 0.717) is 5.91 Å². The Morgan fingerprint density at radius 3 is 1.95 bits per heavy atom. The number of aryl methyl sites for hydroxylation is 2. The number of para-hydroxylation sites is 1. The Morgan fingerprint density at radius 2 is 1.57 bits per heavy atom. The van der Waals surface area contributed by atoms with Gasteiger partial charge in [-0.05, 0) is 45.7 Å². The lowest BCUT2D eigenvalue weighted by atomic mass is 10.1. The van der Waals surface area contributed by atoms with Gasteiger partial charge < -0.3 is 5.32 Å². The molecule has 1 N–H and O–H groups in total. The van der Waals surface area contributed by atoms with Gasteiger partial charge >= 0.3 is 0 Å². The lowest BCUT2D eigenvalue weighted by molar-refractivity contribution is -0.116. The standard InChI is InChI=1S/C18H28NOP/c1-6-21(7-2,8-3)18(12-13-18)17(20)19-16-14(4)10-9-11-15(16)5/h9-11H,6-8,12-13H2,1-5H3/p+1. The molecule has 1 amide bonds. The Bertz CT molecular complexity index is 502. The highest BCUT2D eigenvalue weighted by atomic mass is 31.2. The van der Waals surface area contributed by atoms with Crippen LogP contribution in [-0.2, 0) is 4.79 Å². The third-order valence-electron chi connectivity index (χ3n) is 5.59. The molecule has 116 valence electrons. The monoisotopic (exact) mass is 306 g/mol. The second-order valence-corrected chi connectivity index (χ2v) is 11.4. The van der Waals surface area contributed by atoms with Crippen LogP contribution in [0.25, 0.3) is 0 Å². The zero-order valence-electron chi connectivity index (χ0n) is 14.1. The Labute approximate surface area is 130 Å². The molecular weight excluding hydrogens is 277 g/mol. The molecule has 0 heterocycles. The highest BCUT2D eigenvalue weighted by Crippen LogP contribution is 2.77. The molecule has 0 saturated heterocycles. The van der Waals surface area contributed by atoms with Crippen molar-refractivity contribution in [2.75, 3.05) is 23.8 Å². The Balaban J connectivity index is 2.28. The van der Waals surface area contributed by atoms with Gasteiger partial charge in [-0.15, -0.1) is 0 Å².